The number of aryl methyl sites for hydroxylation is 2. The predicted octanol–water partition coefficient (Wildman–Crippen LogP) is 2.96. The predicted molar refractivity (Wildman–Crippen MR) is 95.7 cm³/mol. The number of fused-ring (bicyclic) bond motifs is 1. The molecule has 0 fully saturated rings. The van der Waals surface area contributed by atoms with Gasteiger partial charge in [0.2, 0.25) is 5.91 Å². The largest absolute Gasteiger partial charge is 0.394 e. The van der Waals surface area contributed by atoms with Gasteiger partial charge in [-0.15, -0.1) is 0 Å². The molecule has 1 aromatic heterocycles. The molecule has 2 N–H and O–H groups in total. The van der Waals surface area contributed by atoms with Gasteiger partial charge in [0.1, 0.15) is 0 Å². The topological polar surface area (TPSA) is 54.3 Å². The number of aliphatic hydroxyl groups is 1. The molecule has 0 unspecified atom stereocenters. The van der Waals surface area contributed by atoms with E-state index in [9.17, 15) is 9.90 Å². The zero-order chi connectivity index (χ0) is 16.9. The smallest absolute Gasteiger partial charge is 0.220 e. The summed E-state index contributed by atoms with van der Waals surface area (Å²) in [5.41, 5.74) is 3.26. The summed E-state index contributed by atoms with van der Waals surface area (Å²) in [4.78, 5) is 12.3. The number of amides is 1. The fourth-order valence-corrected chi connectivity index (χ4v) is 3.06. The van der Waals surface area contributed by atoms with Crippen molar-refractivity contribution in [2.45, 2.75) is 18.9 Å². The molecule has 0 aliphatic carbocycles. The van der Waals surface area contributed by atoms with Gasteiger partial charge in [-0.3, -0.25) is 4.79 Å². The van der Waals surface area contributed by atoms with Gasteiger partial charge in [-0.25, -0.2) is 0 Å². The Bertz CT molecular complexity index is 824. The molecule has 24 heavy (non-hydrogen) atoms. The second-order valence-electron chi connectivity index (χ2n) is 6.00. The van der Waals surface area contributed by atoms with Crippen LogP contribution in [-0.2, 0) is 18.3 Å². The van der Waals surface area contributed by atoms with E-state index < -0.39 is 0 Å². The van der Waals surface area contributed by atoms with Gasteiger partial charge < -0.3 is 15.0 Å². The third-order valence-electron chi connectivity index (χ3n) is 4.32. The van der Waals surface area contributed by atoms with E-state index in [1.165, 1.54) is 16.5 Å². The van der Waals surface area contributed by atoms with Crippen molar-refractivity contribution in [3.05, 3.63) is 71.9 Å². The second kappa shape index (κ2) is 7.32. The van der Waals surface area contributed by atoms with Gasteiger partial charge >= 0.3 is 0 Å². The molecule has 124 valence electrons. The van der Waals surface area contributed by atoms with E-state index in [1.54, 1.807) is 0 Å². The number of nitrogens with one attached hydrogen (secondary N) is 1. The van der Waals surface area contributed by atoms with Crippen LogP contribution >= 0.6 is 0 Å². The SMILES string of the molecule is Cn1cc(CCC(=O)N[C@@H](CO)c2ccccc2)c2ccccc21. The van der Waals surface area contributed by atoms with Crippen LogP contribution in [0.1, 0.15) is 23.6 Å². The molecule has 3 rings (SSSR count). The average Bonchev–Trinajstić information content (AvgIpc) is 2.95. The molecule has 1 amide bonds. The Balaban J connectivity index is 1.64. The van der Waals surface area contributed by atoms with Crippen LogP contribution in [0, 0.1) is 0 Å². The highest BCUT2D eigenvalue weighted by Crippen LogP contribution is 2.21. The molecule has 4 nitrogen and oxygen atoms in total. The maximum absolute atomic E-state index is 12.3. The summed E-state index contributed by atoms with van der Waals surface area (Å²) in [7, 11) is 2.02. The number of carbonyl (C=O) groups is 1. The lowest BCUT2D eigenvalue weighted by molar-refractivity contribution is -0.122. The van der Waals surface area contributed by atoms with Gasteiger partial charge in [0.25, 0.3) is 0 Å². The molecule has 3 aromatic rings. The van der Waals surface area contributed by atoms with Gasteiger partial charge in [-0.05, 0) is 23.6 Å². The minimum absolute atomic E-state index is 0.0502. The number of benzene rings is 2. The summed E-state index contributed by atoms with van der Waals surface area (Å²) in [6.45, 7) is -0.107. The summed E-state index contributed by atoms with van der Waals surface area (Å²) in [5, 5.41) is 13.6. The van der Waals surface area contributed by atoms with Crippen molar-refractivity contribution in [1.82, 2.24) is 9.88 Å². The molecule has 0 radical (unpaired) electrons. The van der Waals surface area contributed by atoms with Gasteiger partial charge in [0, 0.05) is 30.6 Å². The molecule has 0 saturated heterocycles. The quantitative estimate of drug-likeness (QED) is 0.733. The first-order valence-electron chi connectivity index (χ1n) is 8.17. The Labute approximate surface area is 141 Å². The zero-order valence-corrected chi connectivity index (χ0v) is 13.8. The third-order valence-corrected chi connectivity index (χ3v) is 4.32. The minimum atomic E-state index is -0.355. The van der Waals surface area contributed by atoms with Crippen LogP contribution in [0.15, 0.2) is 60.8 Å². The highest BCUT2D eigenvalue weighted by atomic mass is 16.3. The van der Waals surface area contributed by atoms with E-state index >= 15 is 0 Å². The Kier molecular flexibility index (Phi) is 4.96. The third kappa shape index (κ3) is 3.49. The maximum atomic E-state index is 12.3. The zero-order valence-electron chi connectivity index (χ0n) is 13.8. The lowest BCUT2D eigenvalue weighted by Crippen LogP contribution is -2.30. The highest BCUT2D eigenvalue weighted by molar-refractivity contribution is 5.85. The normalized spacial score (nSPS) is 12.2. The number of para-hydroxylation sites is 1. The van der Waals surface area contributed by atoms with Crippen molar-refractivity contribution in [1.29, 1.82) is 0 Å². The van der Waals surface area contributed by atoms with Gasteiger partial charge in [0.15, 0.2) is 0 Å². The molecule has 0 aliphatic rings. The van der Waals surface area contributed by atoms with E-state index in [1.807, 2.05) is 49.5 Å². The van der Waals surface area contributed by atoms with Crippen LogP contribution < -0.4 is 5.32 Å². The van der Waals surface area contributed by atoms with Crippen molar-refractivity contribution in [3.8, 4) is 0 Å². The molecule has 2 aromatic carbocycles. The first-order chi connectivity index (χ1) is 11.7. The van der Waals surface area contributed by atoms with Crippen molar-refractivity contribution in [2.24, 2.45) is 7.05 Å². The van der Waals surface area contributed by atoms with Gasteiger partial charge in [-0.1, -0.05) is 48.5 Å². The molecule has 1 heterocycles. The average molecular weight is 322 g/mol. The summed E-state index contributed by atoms with van der Waals surface area (Å²) >= 11 is 0. The molecule has 0 bridgehead atoms. The van der Waals surface area contributed by atoms with Crippen LogP contribution in [0.25, 0.3) is 10.9 Å². The molecule has 1 atom stereocenters. The number of hydrogen-bond acceptors (Lipinski definition) is 2. The lowest BCUT2D eigenvalue weighted by atomic mass is 10.1. The van der Waals surface area contributed by atoms with Crippen LogP contribution in [0.5, 0.6) is 0 Å². The molecule has 4 heteroatoms. The second-order valence-corrected chi connectivity index (χ2v) is 6.00. The van der Waals surface area contributed by atoms with E-state index in [4.69, 9.17) is 0 Å². The van der Waals surface area contributed by atoms with Crippen LogP contribution in [0.2, 0.25) is 0 Å². The van der Waals surface area contributed by atoms with Crippen LogP contribution in [0.4, 0.5) is 0 Å². The van der Waals surface area contributed by atoms with E-state index in [0.29, 0.717) is 12.8 Å². The number of nitrogens with zero attached hydrogens (tertiary/aromatic N) is 1. The Morgan fingerprint density at radius 1 is 1.12 bits per heavy atom. The molecule has 0 aliphatic heterocycles. The van der Waals surface area contributed by atoms with Crippen LogP contribution in [-0.4, -0.2) is 22.2 Å². The fourth-order valence-electron chi connectivity index (χ4n) is 3.06. The minimum Gasteiger partial charge on any atom is -0.394 e. The molecular weight excluding hydrogens is 300 g/mol. The number of rotatable bonds is 6. The van der Waals surface area contributed by atoms with E-state index in [0.717, 1.165) is 5.56 Å². The van der Waals surface area contributed by atoms with Crippen molar-refractivity contribution in [3.63, 3.8) is 0 Å². The highest BCUT2D eigenvalue weighted by Gasteiger charge is 2.14. The van der Waals surface area contributed by atoms with E-state index in [2.05, 4.69) is 28.2 Å². The summed E-state index contributed by atoms with van der Waals surface area (Å²) in [6, 6.07) is 17.4. The maximum Gasteiger partial charge on any atom is 0.220 e. The standard InChI is InChI=1S/C20H22N2O2/c1-22-13-16(17-9-5-6-10-19(17)22)11-12-20(24)21-18(14-23)15-7-3-2-4-8-15/h2-10,13,18,23H,11-12,14H2,1H3,(H,21,24)/t18-/m0/s1. The van der Waals surface area contributed by atoms with Crippen molar-refractivity contribution < 1.29 is 9.90 Å². The Morgan fingerprint density at radius 3 is 2.58 bits per heavy atom. The summed E-state index contributed by atoms with van der Waals surface area (Å²) < 4.78 is 2.09. The Morgan fingerprint density at radius 2 is 1.83 bits per heavy atom. The first kappa shape index (κ1) is 16.3. The lowest BCUT2D eigenvalue weighted by Gasteiger charge is -2.16. The van der Waals surface area contributed by atoms with E-state index in [-0.39, 0.29) is 18.6 Å². The summed E-state index contributed by atoms with van der Waals surface area (Å²) in [6.07, 6.45) is 3.16. The molecule has 0 spiro atoms. The monoisotopic (exact) mass is 322 g/mol. The van der Waals surface area contributed by atoms with Gasteiger partial charge in [0.05, 0.1) is 12.6 Å². The number of aliphatic hydroxyl groups excluding tert-OH is 1. The number of hydrogen-bond donors (Lipinski definition) is 2. The van der Waals surface area contributed by atoms with Crippen molar-refractivity contribution in [2.75, 3.05) is 6.61 Å². The molecular formula is C20H22N2O2. The van der Waals surface area contributed by atoms with Crippen molar-refractivity contribution >= 4 is 16.8 Å². The van der Waals surface area contributed by atoms with Crippen LogP contribution in [0.3, 0.4) is 0 Å². The Hall–Kier alpha value is -2.59. The van der Waals surface area contributed by atoms with Gasteiger partial charge in [-0.2, -0.15) is 0 Å². The fraction of sp³-hybridized carbons (Fsp3) is 0.250. The molecule has 0 saturated carbocycles. The first-order valence-corrected chi connectivity index (χ1v) is 8.17. The summed E-state index contributed by atoms with van der Waals surface area (Å²) in [5.74, 6) is -0.0502. The number of aromatic nitrogens is 1. The number of carbonyl (C=O) groups excluding carboxylic acids is 1.